The van der Waals surface area contributed by atoms with Crippen LogP contribution in [0.3, 0.4) is 0 Å². The van der Waals surface area contributed by atoms with Crippen LogP contribution in [0.25, 0.3) is 0 Å². The molecule has 0 aliphatic heterocycles. The zero-order chi connectivity index (χ0) is 34.9. The molecule has 0 heterocycles. The quantitative estimate of drug-likeness (QED) is 0.0713. The maximum Gasteiger partial charge on any atom is 0.312 e. The molecule has 266 valence electrons. The van der Waals surface area contributed by atoms with Gasteiger partial charge in [-0.05, 0) is 42.9 Å². The highest BCUT2D eigenvalue weighted by molar-refractivity contribution is 5.98. The van der Waals surface area contributed by atoms with Crippen molar-refractivity contribution in [2.24, 2.45) is 11.7 Å². The van der Waals surface area contributed by atoms with Crippen molar-refractivity contribution < 1.29 is 47.7 Å². The molecule has 2 unspecified atom stereocenters. The Bertz CT molecular complexity index is 1070. The van der Waals surface area contributed by atoms with Crippen molar-refractivity contribution in [2.45, 2.75) is 72.1 Å². The van der Waals surface area contributed by atoms with E-state index in [2.05, 4.69) is 21.3 Å². The number of nitrogens with one attached hydrogen (secondary N) is 4. The van der Waals surface area contributed by atoms with Gasteiger partial charge in [-0.15, -0.1) is 0 Å². The van der Waals surface area contributed by atoms with E-state index in [1.54, 1.807) is 38.1 Å². The Balaban J connectivity index is 2.57. The van der Waals surface area contributed by atoms with Crippen LogP contribution in [-0.2, 0) is 49.5 Å². The van der Waals surface area contributed by atoms with Crippen LogP contribution >= 0.6 is 0 Å². The van der Waals surface area contributed by atoms with Gasteiger partial charge in [-0.2, -0.15) is 0 Å². The molecule has 15 heteroatoms. The fraction of sp³-hybridized carbons (Fsp3) is 0.656. The highest BCUT2D eigenvalue weighted by atomic mass is 16.6. The molecule has 5 amide bonds. The lowest BCUT2D eigenvalue weighted by molar-refractivity contribution is -0.142. The van der Waals surface area contributed by atoms with Crippen LogP contribution in [0.5, 0.6) is 0 Å². The largest absolute Gasteiger partial charge is 0.461 e. The average Bonchev–Trinajstić information content (AvgIpc) is 3.02. The summed E-state index contributed by atoms with van der Waals surface area (Å²) < 4.78 is 26.6. The number of urea groups is 1. The van der Waals surface area contributed by atoms with E-state index in [0.29, 0.717) is 51.7 Å². The van der Waals surface area contributed by atoms with Crippen molar-refractivity contribution in [1.29, 1.82) is 0 Å². The van der Waals surface area contributed by atoms with Gasteiger partial charge in [-0.1, -0.05) is 32.9 Å². The van der Waals surface area contributed by atoms with Crippen LogP contribution in [0.4, 0.5) is 10.5 Å². The number of benzene rings is 1. The summed E-state index contributed by atoms with van der Waals surface area (Å²) in [5, 5.41) is 10.7. The first-order chi connectivity index (χ1) is 22.5. The van der Waals surface area contributed by atoms with E-state index in [-0.39, 0.29) is 44.4 Å². The van der Waals surface area contributed by atoms with Gasteiger partial charge >= 0.3 is 12.0 Å². The third kappa shape index (κ3) is 20.9. The number of ether oxygens (including phenoxy) is 5. The molecule has 47 heavy (non-hydrogen) atoms. The molecule has 15 nitrogen and oxygen atoms in total. The molecule has 0 aromatic heterocycles. The molecule has 0 saturated heterocycles. The summed E-state index contributed by atoms with van der Waals surface area (Å²) in [4.78, 5) is 61.2. The highest BCUT2D eigenvalue weighted by Gasteiger charge is 2.28. The van der Waals surface area contributed by atoms with E-state index in [1.165, 1.54) is 6.92 Å². The van der Waals surface area contributed by atoms with Crippen LogP contribution in [0.2, 0.25) is 0 Å². The van der Waals surface area contributed by atoms with Crippen molar-refractivity contribution in [3.05, 3.63) is 29.8 Å². The van der Waals surface area contributed by atoms with Crippen molar-refractivity contribution in [3.8, 4) is 0 Å². The van der Waals surface area contributed by atoms with E-state index >= 15 is 0 Å². The number of hydrogen-bond donors (Lipinski definition) is 5. The maximum absolute atomic E-state index is 13.3. The van der Waals surface area contributed by atoms with Gasteiger partial charge in [0.1, 0.15) is 18.7 Å². The van der Waals surface area contributed by atoms with Crippen LogP contribution in [0.1, 0.15) is 58.9 Å². The summed E-state index contributed by atoms with van der Waals surface area (Å²) in [6.07, 6.45) is 1.55. The Labute approximate surface area is 277 Å². The number of anilines is 1. The molecule has 0 bridgehead atoms. The van der Waals surface area contributed by atoms with E-state index < -0.39 is 35.9 Å². The van der Waals surface area contributed by atoms with E-state index in [9.17, 15) is 24.0 Å². The second-order valence-electron chi connectivity index (χ2n) is 10.9. The van der Waals surface area contributed by atoms with Gasteiger partial charge in [0.2, 0.25) is 17.7 Å². The molecule has 0 fully saturated rings. The molecule has 1 rings (SSSR count). The second kappa shape index (κ2) is 25.3. The molecule has 2 atom stereocenters. The van der Waals surface area contributed by atoms with Gasteiger partial charge in [0.25, 0.3) is 0 Å². The lowest BCUT2D eigenvalue weighted by Gasteiger charge is -2.25. The van der Waals surface area contributed by atoms with Gasteiger partial charge in [0, 0.05) is 32.2 Å². The first-order valence-corrected chi connectivity index (χ1v) is 16.0. The summed E-state index contributed by atoms with van der Waals surface area (Å²) in [6.45, 7) is 10.7. The van der Waals surface area contributed by atoms with E-state index in [0.717, 1.165) is 18.6 Å². The second-order valence-corrected chi connectivity index (χ2v) is 10.9. The van der Waals surface area contributed by atoms with Crippen molar-refractivity contribution in [2.75, 3.05) is 64.7 Å². The van der Waals surface area contributed by atoms with Gasteiger partial charge in [-0.25, -0.2) is 4.79 Å². The van der Waals surface area contributed by atoms with E-state index in [1.807, 2.05) is 6.92 Å². The Morgan fingerprint density at radius 2 is 1.36 bits per heavy atom. The van der Waals surface area contributed by atoms with Gasteiger partial charge in [0.05, 0.1) is 46.2 Å². The summed E-state index contributed by atoms with van der Waals surface area (Å²) in [7, 11) is 0. The molecule has 0 radical (unpaired) electrons. The number of nitrogens with two attached hydrogens (primary N) is 1. The number of carbonyl (C=O) groups excluding carboxylic acids is 5. The normalized spacial score (nSPS) is 12.2. The molecule has 6 N–H and O–H groups in total. The fourth-order valence-corrected chi connectivity index (χ4v) is 4.00. The van der Waals surface area contributed by atoms with Crippen molar-refractivity contribution >= 4 is 35.4 Å². The Kier molecular flexibility index (Phi) is 22.2. The molecule has 0 spiro atoms. The molecule has 1 aromatic carbocycles. The minimum atomic E-state index is -0.973. The average molecular weight is 668 g/mol. The number of carbonyl (C=O) groups is 5. The summed E-state index contributed by atoms with van der Waals surface area (Å²) in [5.74, 6) is -2.07. The van der Waals surface area contributed by atoms with Crippen LogP contribution in [-0.4, -0.2) is 101 Å². The zero-order valence-electron chi connectivity index (χ0n) is 28.1. The first-order valence-electron chi connectivity index (χ1n) is 16.0. The number of amides is 5. The summed E-state index contributed by atoms with van der Waals surface area (Å²) in [5.41, 5.74) is 6.33. The molecule has 1 aromatic rings. The van der Waals surface area contributed by atoms with Crippen LogP contribution in [0.15, 0.2) is 24.3 Å². The standard InChI is InChI=1S/C32H53N5O10/c1-5-14-43-16-18-45-20-21-46-19-17-44-15-12-28(39)37-29(23(2)3)31(41)36-27(7-6-13-34-32(33)42)30(40)35-26-10-8-25(9-11-26)22-47-24(4)38/h8-11,23,27,29H,5-7,12-22H2,1-4H3,(H,35,40)(H,36,41)(H,37,39)(H3,33,34,42). The van der Waals surface area contributed by atoms with Crippen molar-refractivity contribution in [3.63, 3.8) is 0 Å². The minimum Gasteiger partial charge on any atom is -0.461 e. The van der Waals surface area contributed by atoms with Crippen LogP contribution < -0.4 is 27.0 Å². The molecule has 0 saturated carbocycles. The molecule has 0 aliphatic carbocycles. The SMILES string of the molecule is CCCOCCOCCOCCOCCC(=O)NC(C(=O)NC(CCCNC(N)=O)C(=O)Nc1ccc(COC(C)=O)cc1)C(C)C. The topological polar surface area (TPSA) is 206 Å². The Morgan fingerprint density at radius 1 is 0.787 bits per heavy atom. The Morgan fingerprint density at radius 3 is 1.89 bits per heavy atom. The highest BCUT2D eigenvalue weighted by Crippen LogP contribution is 2.13. The molecule has 0 aliphatic rings. The third-order valence-electron chi connectivity index (χ3n) is 6.47. The number of rotatable bonds is 26. The first kappa shape index (κ1) is 41.2. The monoisotopic (exact) mass is 667 g/mol. The van der Waals surface area contributed by atoms with E-state index in [4.69, 9.17) is 29.4 Å². The smallest absolute Gasteiger partial charge is 0.312 e. The number of hydrogen-bond acceptors (Lipinski definition) is 10. The van der Waals surface area contributed by atoms with Gasteiger partial charge < -0.3 is 50.7 Å². The van der Waals surface area contributed by atoms with Crippen molar-refractivity contribution in [1.82, 2.24) is 16.0 Å². The number of primary amides is 1. The minimum absolute atomic E-state index is 0.0352. The maximum atomic E-state index is 13.3. The predicted octanol–water partition coefficient (Wildman–Crippen LogP) is 1.63. The lowest BCUT2D eigenvalue weighted by Crippen LogP contribution is -2.54. The zero-order valence-corrected chi connectivity index (χ0v) is 28.1. The Hall–Kier alpha value is -3.79. The predicted molar refractivity (Wildman–Crippen MR) is 174 cm³/mol. The third-order valence-corrected chi connectivity index (χ3v) is 6.47. The van der Waals surface area contributed by atoms with Crippen LogP contribution in [0, 0.1) is 5.92 Å². The fourth-order valence-electron chi connectivity index (χ4n) is 4.00. The molecular weight excluding hydrogens is 614 g/mol. The summed E-state index contributed by atoms with van der Waals surface area (Å²) >= 11 is 0. The van der Waals surface area contributed by atoms with Gasteiger partial charge in [-0.3, -0.25) is 19.2 Å². The molecular formula is C32H53N5O10. The summed E-state index contributed by atoms with van der Waals surface area (Å²) in [6, 6.07) is 4.12. The van der Waals surface area contributed by atoms with Gasteiger partial charge in [0.15, 0.2) is 0 Å². The lowest BCUT2D eigenvalue weighted by atomic mass is 10.0. The number of esters is 1.